The third-order valence-corrected chi connectivity index (χ3v) is 4.02. The lowest BCUT2D eigenvalue weighted by Gasteiger charge is -2.35. The number of carboxylic acid groups (broad SMARTS) is 1. The van der Waals surface area contributed by atoms with Crippen molar-refractivity contribution in [3.05, 3.63) is 36.3 Å². The van der Waals surface area contributed by atoms with E-state index in [0.717, 1.165) is 42.8 Å². The minimum Gasteiger partial charge on any atom is -0.481 e. The Morgan fingerprint density at radius 3 is 2.73 bits per heavy atom. The Hall–Kier alpha value is -2.21. The van der Waals surface area contributed by atoms with Gasteiger partial charge in [0.15, 0.2) is 0 Å². The highest BCUT2D eigenvalue weighted by Gasteiger charge is 2.20. The highest BCUT2D eigenvalue weighted by Crippen LogP contribution is 2.26. The standard InChI is InChI=1S/C16H18FN3O2/c17-13-2-1-12-3-5-18-16(14(12)11-13)20-9-7-19(8-10-20)6-4-15(21)22/h1-3,5,11H,4,6-10H2,(H,21,22). The van der Waals surface area contributed by atoms with Gasteiger partial charge in [-0.1, -0.05) is 6.07 Å². The molecule has 22 heavy (non-hydrogen) atoms. The van der Waals surface area contributed by atoms with Crippen molar-refractivity contribution in [1.82, 2.24) is 9.88 Å². The van der Waals surface area contributed by atoms with E-state index >= 15 is 0 Å². The minimum absolute atomic E-state index is 0.164. The second-order valence-corrected chi connectivity index (χ2v) is 5.47. The van der Waals surface area contributed by atoms with E-state index in [9.17, 15) is 9.18 Å². The summed E-state index contributed by atoms with van der Waals surface area (Å²) >= 11 is 0. The fourth-order valence-electron chi connectivity index (χ4n) is 2.81. The van der Waals surface area contributed by atoms with Crippen molar-refractivity contribution >= 4 is 22.6 Å². The summed E-state index contributed by atoms with van der Waals surface area (Å²) in [5, 5.41) is 10.5. The Kier molecular flexibility index (Phi) is 4.20. The molecule has 1 N–H and O–H groups in total. The van der Waals surface area contributed by atoms with E-state index in [1.54, 1.807) is 12.3 Å². The number of aliphatic carboxylic acids is 1. The molecular formula is C16H18FN3O2. The van der Waals surface area contributed by atoms with Crippen molar-refractivity contribution < 1.29 is 14.3 Å². The third-order valence-electron chi connectivity index (χ3n) is 4.02. The second kappa shape index (κ2) is 6.27. The number of piperazine rings is 1. The van der Waals surface area contributed by atoms with Crippen LogP contribution in [0.15, 0.2) is 30.5 Å². The van der Waals surface area contributed by atoms with Crippen molar-refractivity contribution in [1.29, 1.82) is 0 Å². The SMILES string of the molecule is O=C(O)CCN1CCN(c2nccc3ccc(F)cc23)CC1. The average molecular weight is 303 g/mol. The smallest absolute Gasteiger partial charge is 0.304 e. The van der Waals surface area contributed by atoms with E-state index in [4.69, 9.17) is 5.11 Å². The van der Waals surface area contributed by atoms with Crippen molar-refractivity contribution in [3.63, 3.8) is 0 Å². The monoisotopic (exact) mass is 303 g/mol. The molecule has 1 aliphatic rings. The van der Waals surface area contributed by atoms with Gasteiger partial charge in [-0.2, -0.15) is 0 Å². The lowest BCUT2D eigenvalue weighted by Crippen LogP contribution is -2.47. The predicted octanol–water partition coefficient (Wildman–Crippen LogP) is 1.97. The third kappa shape index (κ3) is 3.17. The summed E-state index contributed by atoms with van der Waals surface area (Å²) < 4.78 is 13.5. The van der Waals surface area contributed by atoms with E-state index in [2.05, 4.69) is 14.8 Å². The number of hydrogen-bond acceptors (Lipinski definition) is 4. The number of aromatic nitrogens is 1. The molecule has 0 aliphatic carbocycles. The molecule has 0 saturated carbocycles. The maximum absolute atomic E-state index is 13.5. The van der Waals surface area contributed by atoms with Crippen LogP contribution in [-0.4, -0.2) is 53.7 Å². The molecule has 1 fully saturated rings. The van der Waals surface area contributed by atoms with Crippen LogP contribution in [0.1, 0.15) is 6.42 Å². The summed E-state index contributed by atoms with van der Waals surface area (Å²) in [4.78, 5) is 19.3. The normalized spacial score (nSPS) is 16.1. The Morgan fingerprint density at radius 1 is 1.23 bits per heavy atom. The fraction of sp³-hybridized carbons (Fsp3) is 0.375. The van der Waals surface area contributed by atoms with Gasteiger partial charge in [0.05, 0.1) is 6.42 Å². The highest BCUT2D eigenvalue weighted by atomic mass is 19.1. The number of hydrogen-bond donors (Lipinski definition) is 1. The first kappa shape index (κ1) is 14.7. The molecule has 0 atom stereocenters. The number of nitrogens with zero attached hydrogens (tertiary/aromatic N) is 3. The van der Waals surface area contributed by atoms with E-state index in [1.165, 1.54) is 12.1 Å². The summed E-state index contributed by atoms with van der Waals surface area (Å²) in [6, 6.07) is 6.62. The van der Waals surface area contributed by atoms with E-state index in [1.807, 2.05) is 6.07 Å². The zero-order valence-electron chi connectivity index (χ0n) is 12.2. The molecule has 0 bridgehead atoms. The molecule has 0 radical (unpaired) electrons. The molecule has 0 amide bonds. The van der Waals surface area contributed by atoms with Crippen molar-refractivity contribution in [2.45, 2.75) is 6.42 Å². The van der Waals surface area contributed by atoms with Gasteiger partial charge in [-0.25, -0.2) is 9.37 Å². The van der Waals surface area contributed by atoms with Crippen LogP contribution < -0.4 is 4.90 Å². The van der Waals surface area contributed by atoms with Gasteiger partial charge in [-0.3, -0.25) is 9.69 Å². The fourth-order valence-corrected chi connectivity index (χ4v) is 2.81. The quantitative estimate of drug-likeness (QED) is 0.936. The van der Waals surface area contributed by atoms with Crippen LogP contribution in [0.4, 0.5) is 10.2 Å². The van der Waals surface area contributed by atoms with Gasteiger partial charge in [0.2, 0.25) is 0 Å². The Balaban J connectivity index is 1.74. The molecule has 2 aromatic rings. The predicted molar refractivity (Wildman–Crippen MR) is 82.6 cm³/mol. The van der Waals surface area contributed by atoms with Crippen LogP contribution in [0, 0.1) is 5.82 Å². The Bertz CT molecular complexity index is 684. The van der Waals surface area contributed by atoms with E-state index in [-0.39, 0.29) is 12.2 Å². The minimum atomic E-state index is -0.770. The van der Waals surface area contributed by atoms with Crippen molar-refractivity contribution in [3.8, 4) is 0 Å². The van der Waals surface area contributed by atoms with E-state index < -0.39 is 5.97 Å². The average Bonchev–Trinajstić information content (AvgIpc) is 2.53. The first-order chi connectivity index (χ1) is 10.6. The molecular weight excluding hydrogens is 285 g/mol. The first-order valence-electron chi connectivity index (χ1n) is 7.37. The summed E-state index contributed by atoms with van der Waals surface area (Å²) in [7, 11) is 0. The lowest BCUT2D eigenvalue weighted by atomic mass is 10.1. The maximum atomic E-state index is 13.5. The number of carboxylic acids is 1. The number of carbonyl (C=O) groups is 1. The molecule has 1 saturated heterocycles. The van der Waals surface area contributed by atoms with Gasteiger partial charge >= 0.3 is 5.97 Å². The number of anilines is 1. The van der Waals surface area contributed by atoms with Gasteiger partial charge < -0.3 is 10.0 Å². The summed E-state index contributed by atoms with van der Waals surface area (Å²) in [6.07, 6.45) is 1.91. The highest BCUT2D eigenvalue weighted by molar-refractivity contribution is 5.92. The molecule has 0 unspecified atom stereocenters. The lowest BCUT2D eigenvalue weighted by molar-refractivity contribution is -0.137. The van der Waals surface area contributed by atoms with Crippen LogP contribution in [-0.2, 0) is 4.79 Å². The largest absolute Gasteiger partial charge is 0.481 e. The Labute approximate surface area is 128 Å². The number of halogens is 1. The number of rotatable bonds is 4. The maximum Gasteiger partial charge on any atom is 0.304 e. The molecule has 5 nitrogen and oxygen atoms in total. The molecule has 116 valence electrons. The topological polar surface area (TPSA) is 56.7 Å². The van der Waals surface area contributed by atoms with Gasteiger partial charge in [-0.15, -0.1) is 0 Å². The summed E-state index contributed by atoms with van der Waals surface area (Å²) in [5.41, 5.74) is 0. The molecule has 1 aromatic heterocycles. The molecule has 1 aromatic carbocycles. The van der Waals surface area contributed by atoms with Crippen molar-refractivity contribution in [2.75, 3.05) is 37.6 Å². The molecule has 2 heterocycles. The van der Waals surface area contributed by atoms with Gasteiger partial charge in [0.1, 0.15) is 11.6 Å². The number of benzene rings is 1. The van der Waals surface area contributed by atoms with Crippen LogP contribution in [0.2, 0.25) is 0 Å². The summed E-state index contributed by atoms with van der Waals surface area (Å²) in [6.45, 7) is 3.69. The first-order valence-corrected chi connectivity index (χ1v) is 7.37. The van der Waals surface area contributed by atoms with Crippen molar-refractivity contribution in [2.24, 2.45) is 0 Å². The van der Waals surface area contributed by atoms with Crippen LogP contribution >= 0.6 is 0 Å². The zero-order valence-corrected chi connectivity index (χ0v) is 12.2. The van der Waals surface area contributed by atoms with Gasteiger partial charge in [-0.05, 0) is 23.6 Å². The van der Waals surface area contributed by atoms with E-state index in [0.29, 0.717) is 6.54 Å². The molecule has 6 heteroatoms. The van der Waals surface area contributed by atoms with Gasteiger partial charge in [0, 0.05) is 44.3 Å². The van der Waals surface area contributed by atoms with Crippen LogP contribution in [0.3, 0.4) is 0 Å². The summed E-state index contributed by atoms with van der Waals surface area (Å²) in [5.74, 6) is -0.231. The van der Waals surface area contributed by atoms with Gasteiger partial charge in [0.25, 0.3) is 0 Å². The molecule has 1 aliphatic heterocycles. The molecule has 0 spiro atoms. The number of pyridine rings is 1. The van der Waals surface area contributed by atoms with Crippen LogP contribution in [0.25, 0.3) is 10.8 Å². The number of fused-ring (bicyclic) bond motifs is 1. The second-order valence-electron chi connectivity index (χ2n) is 5.47. The van der Waals surface area contributed by atoms with Crippen LogP contribution in [0.5, 0.6) is 0 Å². The Morgan fingerprint density at radius 2 is 2.00 bits per heavy atom. The zero-order chi connectivity index (χ0) is 15.5. The molecule has 3 rings (SSSR count).